The molecule has 0 spiro atoms. The van der Waals surface area contributed by atoms with E-state index in [-0.39, 0.29) is 0 Å². The second kappa shape index (κ2) is 28.4. The van der Waals surface area contributed by atoms with Crippen LogP contribution >= 0.6 is 0 Å². The van der Waals surface area contributed by atoms with Gasteiger partial charge in [-0.25, -0.2) is 0 Å². The van der Waals surface area contributed by atoms with Gasteiger partial charge in [-0.15, -0.1) is 0 Å². The second-order valence-corrected chi connectivity index (χ2v) is 32.1. The van der Waals surface area contributed by atoms with Crippen LogP contribution in [0.1, 0.15) is 108 Å². The van der Waals surface area contributed by atoms with Crippen LogP contribution in [0.25, 0.3) is 65.3 Å². The highest BCUT2D eigenvalue weighted by Gasteiger charge is 2.72. The maximum absolute atomic E-state index is 10.5. The maximum Gasteiger partial charge on any atom is 0.0991 e. The van der Waals surface area contributed by atoms with Crippen molar-refractivity contribution in [2.24, 2.45) is 10.8 Å². The molecule has 0 amide bonds. The van der Waals surface area contributed by atoms with Gasteiger partial charge in [0.1, 0.15) is 0 Å². The highest BCUT2D eigenvalue weighted by Crippen LogP contribution is 2.78. The molecule has 0 atom stereocenters. The van der Waals surface area contributed by atoms with Gasteiger partial charge in [-0.1, -0.05) is 139 Å². The van der Waals surface area contributed by atoms with E-state index in [1.54, 1.807) is 0 Å². The van der Waals surface area contributed by atoms with Crippen LogP contribution in [0.5, 0.6) is 0 Å². The van der Waals surface area contributed by atoms with Crippen LogP contribution in [-0.2, 0) is 10.8 Å². The molecule has 554 valence electrons. The van der Waals surface area contributed by atoms with E-state index in [0.29, 0.717) is 44.5 Å². The Kier molecular flexibility index (Phi) is 17.6. The van der Waals surface area contributed by atoms with Crippen molar-refractivity contribution in [2.45, 2.75) is 52.4 Å². The zero-order valence-electron chi connectivity index (χ0n) is 65.4. The summed E-state index contributed by atoms with van der Waals surface area (Å²) < 4.78 is 0. The van der Waals surface area contributed by atoms with Crippen LogP contribution in [0, 0.1) is 101 Å². The first-order valence-corrected chi connectivity index (χ1v) is 38.9. The predicted molar refractivity (Wildman–Crippen MR) is 471 cm³/mol. The van der Waals surface area contributed by atoms with Crippen molar-refractivity contribution in [2.75, 3.05) is 19.6 Å². The third-order valence-corrected chi connectivity index (χ3v) is 24.0. The van der Waals surface area contributed by atoms with Crippen molar-refractivity contribution in [1.29, 1.82) is 42.1 Å². The summed E-state index contributed by atoms with van der Waals surface area (Å²) in [6, 6.07) is 125. The molecular formula is C106H70N12. The number of nitriles is 8. The zero-order valence-corrected chi connectivity index (χ0v) is 65.4. The van der Waals surface area contributed by atoms with Crippen molar-refractivity contribution in [3.05, 3.63) is 382 Å². The third kappa shape index (κ3) is 11.2. The molecule has 2 aliphatic carbocycles. The minimum absolute atomic E-state index is 0.488. The van der Waals surface area contributed by atoms with Gasteiger partial charge in [-0.05, 0) is 295 Å². The lowest BCUT2D eigenvalue weighted by molar-refractivity contribution is 0.0596. The normalized spacial score (nSPS) is 12.6. The quantitative estimate of drug-likeness (QED) is 0.106. The molecule has 16 aromatic carbocycles. The molecule has 0 unspecified atom stereocenters. The molecule has 0 saturated heterocycles. The number of hydrogen-bond acceptors (Lipinski definition) is 12. The Morgan fingerprint density at radius 2 is 0.331 bits per heavy atom. The van der Waals surface area contributed by atoms with Crippen molar-refractivity contribution >= 4 is 111 Å². The van der Waals surface area contributed by atoms with Crippen molar-refractivity contribution in [3.8, 4) is 70.8 Å². The maximum atomic E-state index is 10.5. The lowest BCUT2D eigenvalue weighted by atomic mass is 9.39. The Balaban J connectivity index is 1.12. The average Bonchev–Trinajstić information content (AvgIpc) is 1.45. The number of benzene rings is 16. The molecule has 12 nitrogen and oxygen atoms in total. The third-order valence-electron chi connectivity index (χ3n) is 24.0. The predicted octanol–water partition coefficient (Wildman–Crippen LogP) is 26.5. The minimum atomic E-state index is -1.36. The molecule has 0 saturated carbocycles. The number of nitrogens with zero attached hydrogens (tertiary/aromatic N) is 12. The van der Waals surface area contributed by atoms with Gasteiger partial charge in [0.2, 0.25) is 0 Å². The van der Waals surface area contributed by atoms with Gasteiger partial charge in [-0.3, -0.25) is 0 Å². The minimum Gasteiger partial charge on any atom is -0.310 e. The molecule has 0 aliphatic heterocycles. The van der Waals surface area contributed by atoms with Crippen molar-refractivity contribution < 1.29 is 0 Å². The summed E-state index contributed by atoms with van der Waals surface area (Å²) in [6.45, 7) is 14.4. The molecule has 18 rings (SSSR count). The summed E-state index contributed by atoms with van der Waals surface area (Å²) in [7, 11) is 0. The van der Waals surface area contributed by atoms with Crippen molar-refractivity contribution in [1.82, 2.24) is 0 Å². The second-order valence-electron chi connectivity index (χ2n) is 32.1. The molecule has 16 aromatic rings. The molecule has 0 radical (unpaired) electrons. The SMILES string of the molecule is CC(C)(C)C1(C2(C(C)(C)C)c3cc(N(c4ccc(C#N)cc4)c4ccc(C#N)cc4)c4ccccc4c3-c3c2cc(N(c2ccc(C#N)cc2)c2ccc(C#N)cc2)c2ccccc32)c2cc(N(c3ccc(C#N)cc3)c3ccc(C#N)cc3)c3ccccc3c2-c2c1cc(N(c1ccc(C#N)cc1)c1ccc(C#N)cc1)c1ccccc21. The van der Waals surface area contributed by atoms with Crippen LogP contribution in [0.2, 0.25) is 0 Å². The Morgan fingerprint density at radius 1 is 0.195 bits per heavy atom. The zero-order chi connectivity index (χ0) is 81.5. The molecule has 0 heterocycles. The number of rotatable bonds is 13. The van der Waals surface area contributed by atoms with Gasteiger partial charge in [-0.2, -0.15) is 42.1 Å². The van der Waals surface area contributed by atoms with Gasteiger partial charge in [0, 0.05) is 77.9 Å². The summed E-state index contributed by atoms with van der Waals surface area (Å²) in [5, 5.41) is 91.7. The molecule has 12 heteroatoms. The number of fused-ring (bicyclic) bond motifs is 14. The van der Waals surface area contributed by atoms with E-state index in [1.807, 2.05) is 194 Å². The molecule has 0 N–H and O–H groups in total. The van der Waals surface area contributed by atoms with Gasteiger partial charge >= 0.3 is 0 Å². The van der Waals surface area contributed by atoms with E-state index >= 15 is 0 Å². The summed E-state index contributed by atoms with van der Waals surface area (Å²) in [6.07, 6.45) is 0. The fourth-order valence-corrected chi connectivity index (χ4v) is 19.5. The number of anilines is 12. The largest absolute Gasteiger partial charge is 0.310 e. The topological polar surface area (TPSA) is 203 Å². The first-order chi connectivity index (χ1) is 57.4. The van der Waals surface area contributed by atoms with Gasteiger partial charge in [0.25, 0.3) is 0 Å². The van der Waals surface area contributed by atoms with E-state index < -0.39 is 21.7 Å². The Morgan fingerprint density at radius 3 is 0.458 bits per heavy atom. The standard InChI is InChI=1S/C106H70N12/c1-103(2,3)105(91-55-95(115(75-39-23-67(59-107)24-40-75)76-41-25-68(60-108)26-42-76)83-15-7-11-19-87(83)99(91)100-88-20-12-8-16-84(88)96(56-92(100)105)116(77-43-27-69(61-109)28-44-77)78-45-29-70(62-110)30-46-78)106(104(4,5)6)93-57-97(117(79-47-31-71(63-111)32-48-79)80-49-33-72(64-112)34-50-80)85-17-9-13-21-89(85)101(93)102-90-22-14-10-18-86(90)98(58-94(102)106)118(81-51-35-73(65-113)36-52-81)82-53-37-74(66-114)38-54-82/h7-58H,1-6H3. The summed E-state index contributed by atoms with van der Waals surface area (Å²) in [4.78, 5) is 9.06. The van der Waals surface area contributed by atoms with Crippen LogP contribution in [0.15, 0.2) is 315 Å². The van der Waals surface area contributed by atoms with Crippen LogP contribution in [0.4, 0.5) is 68.2 Å². The summed E-state index contributed by atoms with van der Waals surface area (Å²) in [5.74, 6) is 0. The molecule has 0 fully saturated rings. The Bertz CT molecular complexity index is 6120. The summed E-state index contributed by atoms with van der Waals surface area (Å²) >= 11 is 0. The van der Waals surface area contributed by atoms with Crippen molar-refractivity contribution in [3.63, 3.8) is 0 Å². The molecule has 0 bridgehead atoms. The lowest BCUT2D eigenvalue weighted by Gasteiger charge is -2.62. The highest BCUT2D eigenvalue weighted by atomic mass is 15.2. The van der Waals surface area contributed by atoms with E-state index in [0.717, 1.165) is 156 Å². The number of hydrogen-bond donors (Lipinski definition) is 0. The van der Waals surface area contributed by atoms with Gasteiger partial charge in [0.05, 0.1) is 116 Å². The van der Waals surface area contributed by atoms with E-state index in [2.05, 4.69) is 231 Å². The first-order valence-electron chi connectivity index (χ1n) is 38.9. The van der Waals surface area contributed by atoms with E-state index in [9.17, 15) is 42.1 Å². The lowest BCUT2D eigenvalue weighted by Crippen LogP contribution is -2.62. The molecule has 118 heavy (non-hydrogen) atoms. The van der Waals surface area contributed by atoms with Gasteiger partial charge in [0.15, 0.2) is 0 Å². The van der Waals surface area contributed by atoms with E-state index in [1.165, 1.54) is 0 Å². The smallest absolute Gasteiger partial charge is 0.0991 e. The fraction of sp³-hybridized carbons (Fsp3) is 0.0943. The highest BCUT2D eigenvalue weighted by molar-refractivity contribution is 6.22. The first kappa shape index (κ1) is 73.2. The molecular weight excluding hydrogens is 1440 g/mol. The van der Waals surface area contributed by atoms with Crippen LogP contribution < -0.4 is 19.6 Å². The molecule has 0 aromatic heterocycles. The van der Waals surface area contributed by atoms with Gasteiger partial charge < -0.3 is 19.6 Å². The molecule has 2 aliphatic rings. The Hall–Kier alpha value is -16.3. The summed E-state index contributed by atoms with van der Waals surface area (Å²) in [5.41, 5.74) is 16.8. The Labute approximate surface area is 685 Å². The monoisotopic (exact) mass is 1510 g/mol. The van der Waals surface area contributed by atoms with E-state index in [4.69, 9.17) is 0 Å². The fourth-order valence-electron chi connectivity index (χ4n) is 19.5. The van der Waals surface area contributed by atoms with Crippen LogP contribution in [-0.4, -0.2) is 0 Å². The average molecular weight is 1510 g/mol. The van der Waals surface area contributed by atoms with Crippen LogP contribution in [0.3, 0.4) is 0 Å².